The largest absolute Gasteiger partial charge is 0.444 e. The zero-order chi connectivity index (χ0) is 24.3. The molecule has 7 nitrogen and oxygen atoms in total. The van der Waals surface area contributed by atoms with Crippen molar-refractivity contribution in [1.29, 1.82) is 0 Å². The number of aromatic nitrogens is 2. The molecule has 2 heterocycles. The molecule has 1 aliphatic heterocycles. The van der Waals surface area contributed by atoms with Crippen LogP contribution in [0.2, 0.25) is 0 Å². The number of amides is 2. The third-order valence-corrected chi connectivity index (χ3v) is 6.12. The van der Waals surface area contributed by atoms with Crippen molar-refractivity contribution in [2.24, 2.45) is 0 Å². The van der Waals surface area contributed by atoms with E-state index < -0.39 is 5.60 Å². The predicted molar refractivity (Wildman–Crippen MR) is 130 cm³/mol. The van der Waals surface area contributed by atoms with Crippen molar-refractivity contribution in [3.8, 4) is 23.5 Å². The molecule has 1 saturated heterocycles. The van der Waals surface area contributed by atoms with Gasteiger partial charge in [0.05, 0.1) is 0 Å². The van der Waals surface area contributed by atoms with Crippen LogP contribution in [0.1, 0.15) is 62.6 Å². The highest BCUT2D eigenvalue weighted by atomic mass is 16.6. The van der Waals surface area contributed by atoms with Gasteiger partial charge in [-0.15, -0.1) is 12.3 Å². The van der Waals surface area contributed by atoms with E-state index in [-0.39, 0.29) is 29.9 Å². The summed E-state index contributed by atoms with van der Waals surface area (Å²) in [4.78, 5) is 38.3. The third kappa shape index (κ3) is 5.74. The summed E-state index contributed by atoms with van der Waals surface area (Å²) in [7, 11) is 0. The lowest BCUT2D eigenvalue weighted by Gasteiger charge is -2.38. The minimum absolute atomic E-state index is 0.0747. The predicted octanol–water partition coefficient (Wildman–Crippen LogP) is 4.32. The molecule has 7 heteroatoms. The lowest BCUT2D eigenvalue weighted by Crippen LogP contribution is -2.50. The van der Waals surface area contributed by atoms with Crippen LogP contribution in [-0.4, -0.2) is 62.5 Å². The Bertz CT molecular complexity index is 1060. The molecule has 1 aromatic heterocycles. The number of hydrogen-bond acceptors (Lipinski definition) is 5. The molecular weight excluding hydrogens is 428 g/mol. The summed E-state index contributed by atoms with van der Waals surface area (Å²) in [6, 6.07) is 8.27. The van der Waals surface area contributed by atoms with Gasteiger partial charge in [0.1, 0.15) is 5.60 Å². The second kappa shape index (κ2) is 9.84. The Hall–Kier alpha value is -3.40. The fourth-order valence-electron chi connectivity index (χ4n) is 4.27. The van der Waals surface area contributed by atoms with Gasteiger partial charge in [-0.2, -0.15) is 0 Å². The van der Waals surface area contributed by atoms with E-state index in [2.05, 4.69) is 15.9 Å². The van der Waals surface area contributed by atoms with E-state index in [9.17, 15) is 9.59 Å². The summed E-state index contributed by atoms with van der Waals surface area (Å²) < 4.78 is 5.49. The summed E-state index contributed by atoms with van der Waals surface area (Å²) in [6.45, 7) is 6.75. The maximum Gasteiger partial charge on any atom is 0.410 e. The van der Waals surface area contributed by atoms with Crippen LogP contribution < -0.4 is 0 Å². The zero-order valence-corrected chi connectivity index (χ0v) is 20.2. The molecule has 34 heavy (non-hydrogen) atoms. The molecule has 2 amide bonds. The van der Waals surface area contributed by atoms with Crippen LogP contribution in [0.15, 0.2) is 36.7 Å². The molecule has 0 unspecified atom stereocenters. The van der Waals surface area contributed by atoms with Crippen molar-refractivity contribution in [1.82, 2.24) is 19.8 Å². The second-order valence-electron chi connectivity index (χ2n) is 10.0. The third-order valence-electron chi connectivity index (χ3n) is 6.12. The number of ether oxygens (including phenoxy) is 1. The van der Waals surface area contributed by atoms with Gasteiger partial charge < -0.3 is 14.5 Å². The van der Waals surface area contributed by atoms with Crippen molar-refractivity contribution < 1.29 is 14.3 Å². The van der Waals surface area contributed by atoms with Gasteiger partial charge in [-0.05, 0) is 57.6 Å². The summed E-state index contributed by atoms with van der Waals surface area (Å²) >= 11 is 0. The number of terminal acetylenes is 1. The van der Waals surface area contributed by atoms with Gasteiger partial charge >= 0.3 is 6.09 Å². The number of hydrogen-bond donors (Lipinski definition) is 0. The van der Waals surface area contributed by atoms with Crippen molar-refractivity contribution in [2.45, 2.75) is 70.6 Å². The second-order valence-corrected chi connectivity index (χ2v) is 10.0. The lowest BCUT2D eigenvalue weighted by molar-refractivity contribution is 0.0141. The Morgan fingerprint density at radius 1 is 1.03 bits per heavy atom. The molecular formula is C27H32N4O3. The fourth-order valence-corrected chi connectivity index (χ4v) is 4.27. The number of piperidine rings is 1. The Labute approximate surface area is 201 Å². The number of benzene rings is 1. The van der Waals surface area contributed by atoms with E-state index in [4.69, 9.17) is 11.2 Å². The van der Waals surface area contributed by atoms with Gasteiger partial charge in [-0.1, -0.05) is 24.3 Å². The number of likely N-dealkylation sites (tertiary alicyclic amines) is 1. The first-order valence-electron chi connectivity index (χ1n) is 11.9. The molecule has 0 bridgehead atoms. The highest BCUT2D eigenvalue weighted by molar-refractivity contribution is 5.91. The Morgan fingerprint density at radius 2 is 1.62 bits per heavy atom. The van der Waals surface area contributed by atoms with Gasteiger partial charge in [-0.3, -0.25) is 4.79 Å². The summed E-state index contributed by atoms with van der Waals surface area (Å²) in [6.07, 6.45) is 12.5. The normalized spacial score (nSPS) is 16.6. The van der Waals surface area contributed by atoms with Crippen LogP contribution in [0, 0.1) is 12.3 Å². The first-order valence-corrected chi connectivity index (χ1v) is 11.9. The van der Waals surface area contributed by atoms with Crippen LogP contribution in [-0.2, 0) is 11.2 Å². The van der Waals surface area contributed by atoms with Gasteiger partial charge in [0.15, 0.2) is 0 Å². The molecule has 2 fully saturated rings. The molecule has 178 valence electrons. The minimum Gasteiger partial charge on any atom is -0.444 e. The number of nitrogens with zero attached hydrogens (tertiary/aromatic N) is 4. The molecule has 0 N–H and O–H groups in total. The SMILES string of the molecule is C#CCc1ccc(-c2cnc(C(=O)N(C3CC3)C3CCN(C(=O)OC(C)(C)C)CC3)nc2)cc1. The van der Waals surface area contributed by atoms with Crippen molar-refractivity contribution in [3.63, 3.8) is 0 Å². The molecule has 1 saturated carbocycles. The van der Waals surface area contributed by atoms with E-state index in [1.165, 1.54) is 0 Å². The van der Waals surface area contributed by atoms with Crippen molar-refractivity contribution in [2.75, 3.05) is 13.1 Å². The first kappa shape index (κ1) is 23.7. The summed E-state index contributed by atoms with van der Waals surface area (Å²) in [5.41, 5.74) is 2.40. The smallest absolute Gasteiger partial charge is 0.410 e. The molecule has 0 spiro atoms. The van der Waals surface area contributed by atoms with Crippen LogP contribution in [0.3, 0.4) is 0 Å². The van der Waals surface area contributed by atoms with Gasteiger partial charge in [0.2, 0.25) is 5.82 Å². The molecule has 2 aromatic rings. The van der Waals surface area contributed by atoms with E-state index in [0.717, 1.165) is 42.4 Å². The van der Waals surface area contributed by atoms with E-state index in [1.807, 2.05) is 49.9 Å². The maximum atomic E-state index is 13.4. The Morgan fingerprint density at radius 3 is 2.15 bits per heavy atom. The van der Waals surface area contributed by atoms with Crippen molar-refractivity contribution >= 4 is 12.0 Å². The maximum absolute atomic E-state index is 13.4. The fraction of sp³-hybridized carbons (Fsp3) is 0.481. The molecule has 4 rings (SSSR count). The Balaban J connectivity index is 1.41. The quantitative estimate of drug-likeness (QED) is 0.621. The lowest BCUT2D eigenvalue weighted by atomic mass is 10.0. The van der Waals surface area contributed by atoms with E-state index in [1.54, 1.807) is 17.3 Å². The van der Waals surface area contributed by atoms with E-state index >= 15 is 0 Å². The van der Waals surface area contributed by atoms with Gasteiger partial charge in [0.25, 0.3) is 5.91 Å². The topological polar surface area (TPSA) is 75.6 Å². The zero-order valence-electron chi connectivity index (χ0n) is 20.2. The number of rotatable bonds is 5. The van der Waals surface area contributed by atoms with Crippen LogP contribution in [0.4, 0.5) is 4.79 Å². The standard InChI is InChI=1S/C27H32N4O3/c1-5-6-19-7-9-20(10-8-19)21-17-28-24(29-18-21)25(32)31(22-11-12-22)23-13-15-30(16-14-23)26(33)34-27(2,3)4/h1,7-10,17-18,22-23H,6,11-16H2,2-4H3. The first-order chi connectivity index (χ1) is 16.2. The molecule has 2 aliphatic rings. The molecule has 0 radical (unpaired) electrons. The molecule has 1 aromatic carbocycles. The average molecular weight is 461 g/mol. The van der Waals surface area contributed by atoms with Gasteiger partial charge in [0, 0.05) is 49.6 Å². The monoisotopic (exact) mass is 460 g/mol. The summed E-state index contributed by atoms with van der Waals surface area (Å²) in [5.74, 6) is 2.73. The van der Waals surface area contributed by atoms with E-state index in [0.29, 0.717) is 19.5 Å². The average Bonchev–Trinajstić information content (AvgIpc) is 3.64. The Kier molecular flexibility index (Phi) is 6.87. The molecule has 1 aliphatic carbocycles. The molecule has 0 atom stereocenters. The highest BCUT2D eigenvalue weighted by Gasteiger charge is 2.40. The van der Waals surface area contributed by atoms with Gasteiger partial charge in [-0.25, -0.2) is 14.8 Å². The summed E-state index contributed by atoms with van der Waals surface area (Å²) in [5, 5.41) is 0. The number of carbonyl (C=O) groups excluding carboxylic acids is 2. The number of carbonyl (C=O) groups is 2. The highest BCUT2D eigenvalue weighted by Crippen LogP contribution is 2.33. The van der Waals surface area contributed by atoms with Crippen LogP contribution >= 0.6 is 0 Å². The minimum atomic E-state index is -0.517. The van der Waals surface area contributed by atoms with Crippen LogP contribution in [0.25, 0.3) is 11.1 Å². The van der Waals surface area contributed by atoms with Crippen molar-refractivity contribution in [3.05, 3.63) is 48.0 Å². The van der Waals surface area contributed by atoms with Crippen LogP contribution in [0.5, 0.6) is 0 Å².